The van der Waals surface area contributed by atoms with Crippen LogP contribution in [0.3, 0.4) is 0 Å². The molecule has 0 bridgehead atoms. The number of nitrogens with zero attached hydrogens (tertiary/aromatic N) is 2. The molecule has 2 aliphatic rings. The Morgan fingerprint density at radius 1 is 1.12 bits per heavy atom. The predicted molar refractivity (Wildman–Crippen MR) is 68.8 cm³/mol. The Morgan fingerprint density at radius 3 is 2.50 bits per heavy atom. The van der Waals surface area contributed by atoms with Crippen molar-refractivity contribution in [3.05, 3.63) is 0 Å². The second-order valence-electron chi connectivity index (χ2n) is 5.28. The fourth-order valence-electron chi connectivity index (χ4n) is 2.89. The van der Waals surface area contributed by atoms with E-state index in [4.69, 9.17) is 0 Å². The molecule has 1 unspecified atom stereocenters. The standard InChI is InChI=1S/C13H27N3/c1-2-15-8-10-16(11-9-15)7-3-4-13-5-6-14-12-13/h13-14H,2-12H2,1H3. The molecule has 1 atom stereocenters. The van der Waals surface area contributed by atoms with Crippen LogP contribution in [0.1, 0.15) is 26.2 Å². The topological polar surface area (TPSA) is 18.5 Å². The van der Waals surface area contributed by atoms with Crippen LogP contribution in [-0.4, -0.2) is 62.2 Å². The third kappa shape index (κ3) is 3.72. The summed E-state index contributed by atoms with van der Waals surface area (Å²) in [7, 11) is 0. The van der Waals surface area contributed by atoms with Gasteiger partial charge in [-0.2, -0.15) is 0 Å². The number of likely N-dealkylation sites (N-methyl/N-ethyl adjacent to an activating group) is 1. The first-order valence-electron chi connectivity index (χ1n) is 7.04. The van der Waals surface area contributed by atoms with Crippen molar-refractivity contribution in [1.82, 2.24) is 15.1 Å². The van der Waals surface area contributed by atoms with Gasteiger partial charge in [0.1, 0.15) is 0 Å². The number of nitrogens with one attached hydrogen (secondary N) is 1. The molecule has 2 rings (SSSR count). The molecule has 0 aliphatic carbocycles. The summed E-state index contributed by atoms with van der Waals surface area (Å²) in [6, 6.07) is 0. The zero-order valence-electron chi connectivity index (χ0n) is 10.7. The Morgan fingerprint density at radius 2 is 1.88 bits per heavy atom. The van der Waals surface area contributed by atoms with E-state index in [-0.39, 0.29) is 0 Å². The van der Waals surface area contributed by atoms with Gasteiger partial charge in [0.2, 0.25) is 0 Å². The molecule has 0 radical (unpaired) electrons. The zero-order valence-corrected chi connectivity index (χ0v) is 10.7. The molecule has 16 heavy (non-hydrogen) atoms. The van der Waals surface area contributed by atoms with Crippen molar-refractivity contribution in [3.63, 3.8) is 0 Å². The maximum atomic E-state index is 3.45. The summed E-state index contributed by atoms with van der Waals surface area (Å²) in [5.41, 5.74) is 0. The van der Waals surface area contributed by atoms with E-state index < -0.39 is 0 Å². The van der Waals surface area contributed by atoms with Gasteiger partial charge in [0.05, 0.1) is 0 Å². The summed E-state index contributed by atoms with van der Waals surface area (Å²) in [4.78, 5) is 5.20. The summed E-state index contributed by atoms with van der Waals surface area (Å²) in [5, 5.41) is 3.45. The lowest BCUT2D eigenvalue weighted by molar-refractivity contribution is 0.134. The van der Waals surface area contributed by atoms with E-state index in [1.807, 2.05) is 0 Å². The molecule has 2 heterocycles. The van der Waals surface area contributed by atoms with Gasteiger partial charge in [-0.3, -0.25) is 0 Å². The van der Waals surface area contributed by atoms with E-state index >= 15 is 0 Å². The molecular weight excluding hydrogens is 198 g/mol. The Kier molecular flexibility index (Phi) is 5.07. The second-order valence-corrected chi connectivity index (χ2v) is 5.28. The molecular formula is C13H27N3. The summed E-state index contributed by atoms with van der Waals surface area (Å²) in [6.07, 6.45) is 4.24. The predicted octanol–water partition coefficient (Wildman–Crippen LogP) is 1.01. The van der Waals surface area contributed by atoms with E-state index in [9.17, 15) is 0 Å². The highest BCUT2D eigenvalue weighted by Gasteiger charge is 2.17. The fourth-order valence-corrected chi connectivity index (χ4v) is 2.89. The molecule has 0 spiro atoms. The van der Waals surface area contributed by atoms with E-state index in [2.05, 4.69) is 22.0 Å². The summed E-state index contributed by atoms with van der Waals surface area (Å²) in [5.74, 6) is 0.969. The number of hydrogen-bond acceptors (Lipinski definition) is 3. The van der Waals surface area contributed by atoms with Gasteiger partial charge in [-0.15, -0.1) is 0 Å². The van der Waals surface area contributed by atoms with Crippen LogP contribution in [-0.2, 0) is 0 Å². The van der Waals surface area contributed by atoms with Crippen LogP contribution in [0.25, 0.3) is 0 Å². The third-order valence-electron chi connectivity index (χ3n) is 4.16. The lowest BCUT2D eigenvalue weighted by Crippen LogP contribution is -2.46. The number of hydrogen-bond donors (Lipinski definition) is 1. The second kappa shape index (κ2) is 6.58. The van der Waals surface area contributed by atoms with Gasteiger partial charge in [-0.05, 0) is 51.4 Å². The molecule has 2 fully saturated rings. The highest BCUT2D eigenvalue weighted by molar-refractivity contribution is 4.74. The van der Waals surface area contributed by atoms with Crippen LogP contribution in [0.15, 0.2) is 0 Å². The Bertz CT molecular complexity index is 182. The maximum Gasteiger partial charge on any atom is 0.0110 e. The van der Waals surface area contributed by atoms with Gasteiger partial charge in [0, 0.05) is 26.2 Å². The van der Waals surface area contributed by atoms with Crippen LogP contribution < -0.4 is 5.32 Å². The van der Waals surface area contributed by atoms with E-state index in [0.29, 0.717) is 0 Å². The maximum absolute atomic E-state index is 3.45. The first kappa shape index (κ1) is 12.3. The minimum absolute atomic E-state index is 0.969. The van der Waals surface area contributed by atoms with Crippen molar-refractivity contribution in [2.45, 2.75) is 26.2 Å². The lowest BCUT2D eigenvalue weighted by Gasteiger charge is -2.34. The van der Waals surface area contributed by atoms with Crippen LogP contribution in [0.4, 0.5) is 0 Å². The monoisotopic (exact) mass is 225 g/mol. The van der Waals surface area contributed by atoms with Gasteiger partial charge in [-0.25, -0.2) is 0 Å². The van der Waals surface area contributed by atoms with Crippen LogP contribution >= 0.6 is 0 Å². The van der Waals surface area contributed by atoms with E-state index in [1.165, 1.54) is 71.6 Å². The van der Waals surface area contributed by atoms with Crippen molar-refractivity contribution < 1.29 is 0 Å². The van der Waals surface area contributed by atoms with Gasteiger partial charge in [0.25, 0.3) is 0 Å². The first-order valence-corrected chi connectivity index (χ1v) is 7.04. The van der Waals surface area contributed by atoms with E-state index in [1.54, 1.807) is 0 Å². The molecule has 3 nitrogen and oxygen atoms in total. The van der Waals surface area contributed by atoms with Crippen LogP contribution in [0.5, 0.6) is 0 Å². The quantitative estimate of drug-likeness (QED) is 0.753. The average Bonchev–Trinajstić information content (AvgIpc) is 2.83. The van der Waals surface area contributed by atoms with Crippen LogP contribution in [0.2, 0.25) is 0 Å². The fraction of sp³-hybridized carbons (Fsp3) is 1.00. The molecule has 0 aromatic heterocycles. The molecule has 0 saturated carbocycles. The minimum atomic E-state index is 0.969. The molecule has 0 amide bonds. The number of piperazine rings is 1. The van der Waals surface area contributed by atoms with Gasteiger partial charge in [-0.1, -0.05) is 6.92 Å². The van der Waals surface area contributed by atoms with Gasteiger partial charge < -0.3 is 15.1 Å². The Balaban J connectivity index is 1.53. The summed E-state index contributed by atoms with van der Waals surface area (Å²) in [6.45, 7) is 12.5. The van der Waals surface area contributed by atoms with Crippen molar-refractivity contribution in [3.8, 4) is 0 Å². The van der Waals surface area contributed by atoms with Gasteiger partial charge >= 0.3 is 0 Å². The summed E-state index contributed by atoms with van der Waals surface area (Å²) >= 11 is 0. The first-order chi connectivity index (χ1) is 7.88. The molecule has 2 saturated heterocycles. The normalized spacial score (nSPS) is 28.7. The van der Waals surface area contributed by atoms with Crippen molar-refractivity contribution in [1.29, 1.82) is 0 Å². The Hall–Kier alpha value is -0.120. The molecule has 3 heteroatoms. The Labute approximate surface area is 100 Å². The third-order valence-corrected chi connectivity index (χ3v) is 4.16. The SMILES string of the molecule is CCN1CCN(CCCC2CCNC2)CC1. The molecule has 0 aromatic carbocycles. The van der Waals surface area contributed by atoms with Crippen LogP contribution in [0, 0.1) is 5.92 Å². The molecule has 1 N–H and O–H groups in total. The van der Waals surface area contributed by atoms with Crippen molar-refractivity contribution in [2.24, 2.45) is 5.92 Å². The molecule has 0 aromatic rings. The largest absolute Gasteiger partial charge is 0.316 e. The highest BCUT2D eigenvalue weighted by atomic mass is 15.3. The number of rotatable bonds is 5. The smallest absolute Gasteiger partial charge is 0.0110 e. The zero-order chi connectivity index (χ0) is 11.2. The van der Waals surface area contributed by atoms with E-state index in [0.717, 1.165) is 5.92 Å². The van der Waals surface area contributed by atoms with Crippen molar-refractivity contribution >= 4 is 0 Å². The lowest BCUT2D eigenvalue weighted by atomic mass is 10.0. The van der Waals surface area contributed by atoms with Crippen molar-refractivity contribution in [2.75, 3.05) is 52.4 Å². The molecule has 2 aliphatic heterocycles. The minimum Gasteiger partial charge on any atom is -0.316 e. The average molecular weight is 225 g/mol. The molecule has 94 valence electrons. The van der Waals surface area contributed by atoms with Gasteiger partial charge in [0.15, 0.2) is 0 Å². The summed E-state index contributed by atoms with van der Waals surface area (Å²) < 4.78 is 0. The highest BCUT2D eigenvalue weighted by Crippen LogP contribution is 2.14.